The second-order valence-corrected chi connectivity index (χ2v) is 9.06. The highest BCUT2D eigenvalue weighted by molar-refractivity contribution is 9.10. The Morgan fingerprint density at radius 3 is 2.42 bits per heavy atom. The van der Waals surface area contributed by atoms with Crippen molar-refractivity contribution in [1.29, 1.82) is 0 Å². The monoisotopic (exact) mass is 532 g/mol. The maximum atomic E-state index is 12.5. The number of hydrogen-bond donors (Lipinski definition) is 1. The zero-order valence-electron chi connectivity index (χ0n) is 15.9. The second kappa shape index (κ2) is 9.87. The fourth-order valence-electron chi connectivity index (χ4n) is 2.88. The van der Waals surface area contributed by atoms with Crippen molar-refractivity contribution in [2.45, 2.75) is 5.16 Å². The summed E-state index contributed by atoms with van der Waals surface area (Å²) in [7, 11) is 0. The first-order valence-electron chi connectivity index (χ1n) is 9.16. The van der Waals surface area contributed by atoms with Crippen molar-refractivity contribution in [2.75, 3.05) is 11.1 Å². The van der Waals surface area contributed by atoms with Gasteiger partial charge in [0.1, 0.15) is 0 Å². The van der Waals surface area contributed by atoms with Gasteiger partial charge in [-0.05, 0) is 64.5 Å². The molecule has 0 aliphatic heterocycles. The van der Waals surface area contributed by atoms with E-state index in [1.807, 2.05) is 59.2 Å². The minimum atomic E-state index is -0.151. The zero-order chi connectivity index (χ0) is 21.8. The Morgan fingerprint density at radius 2 is 1.68 bits per heavy atom. The third kappa shape index (κ3) is 5.13. The van der Waals surface area contributed by atoms with Crippen LogP contribution in [0.5, 0.6) is 0 Å². The molecule has 0 fully saturated rings. The normalized spacial score (nSPS) is 10.8. The maximum Gasteiger partial charge on any atom is 0.234 e. The van der Waals surface area contributed by atoms with Gasteiger partial charge in [0.25, 0.3) is 0 Å². The highest BCUT2D eigenvalue weighted by atomic mass is 79.9. The van der Waals surface area contributed by atoms with E-state index in [0.29, 0.717) is 26.7 Å². The molecule has 31 heavy (non-hydrogen) atoms. The maximum absolute atomic E-state index is 12.5. The van der Waals surface area contributed by atoms with Crippen LogP contribution in [0.15, 0.2) is 82.4 Å². The van der Waals surface area contributed by atoms with E-state index >= 15 is 0 Å². The number of carbonyl (C=O) groups excluding carboxylic acids is 1. The van der Waals surface area contributed by atoms with Crippen LogP contribution >= 0.6 is 50.9 Å². The molecular weight excluding hydrogens is 519 g/mol. The quantitative estimate of drug-likeness (QED) is 0.279. The molecule has 4 aromatic rings. The SMILES string of the molecule is O=C(CSc1nnc(-c2ccccc2Cl)n1-c1ccc(Cl)cc1)Nc1ccccc1Br. The number of carbonyl (C=O) groups is 1. The van der Waals surface area contributed by atoms with Gasteiger partial charge in [-0.2, -0.15) is 0 Å². The third-order valence-corrected chi connectivity index (χ3v) is 6.52. The zero-order valence-corrected chi connectivity index (χ0v) is 19.8. The lowest BCUT2D eigenvalue weighted by molar-refractivity contribution is -0.113. The van der Waals surface area contributed by atoms with Crippen LogP contribution in [0.2, 0.25) is 10.0 Å². The van der Waals surface area contributed by atoms with E-state index in [9.17, 15) is 4.79 Å². The summed E-state index contributed by atoms with van der Waals surface area (Å²) in [4.78, 5) is 12.5. The number of rotatable bonds is 6. The average Bonchev–Trinajstić information content (AvgIpc) is 3.18. The van der Waals surface area contributed by atoms with E-state index in [1.165, 1.54) is 11.8 Å². The van der Waals surface area contributed by atoms with Gasteiger partial charge in [0.2, 0.25) is 5.91 Å². The lowest BCUT2D eigenvalue weighted by Crippen LogP contribution is -2.15. The van der Waals surface area contributed by atoms with Crippen molar-refractivity contribution in [3.05, 3.63) is 87.3 Å². The summed E-state index contributed by atoms with van der Waals surface area (Å²) < 4.78 is 2.69. The fourth-order valence-corrected chi connectivity index (χ4v) is 4.36. The molecule has 0 spiro atoms. The topological polar surface area (TPSA) is 59.8 Å². The minimum absolute atomic E-state index is 0.151. The Bertz CT molecular complexity index is 1230. The smallest absolute Gasteiger partial charge is 0.234 e. The lowest BCUT2D eigenvalue weighted by Gasteiger charge is -2.11. The Balaban J connectivity index is 1.63. The molecule has 1 aromatic heterocycles. The van der Waals surface area contributed by atoms with Crippen LogP contribution in [0.3, 0.4) is 0 Å². The first kappa shape index (κ1) is 21.9. The average molecular weight is 534 g/mol. The van der Waals surface area contributed by atoms with Crippen LogP contribution in [0.4, 0.5) is 5.69 Å². The van der Waals surface area contributed by atoms with Crippen LogP contribution in [0.25, 0.3) is 17.1 Å². The number of nitrogens with one attached hydrogen (secondary N) is 1. The summed E-state index contributed by atoms with van der Waals surface area (Å²) in [6.45, 7) is 0. The second-order valence-electron chi connectivity index (χ2n) is 6.41. The van der Waals surface area contributed by atoms with Crippen molar-refractivity contribution in [2.24, 2.45) is 0 Å². The van der Waals surface area contributed by atoms with Gasteiger partial charge in [-0.25, -0.2) is 0 Å². The number of aromatic nitrogens is 3. The minimum Gasteiger partial charge on any atom is -0.324 e. The van der Waals surface area contributed by atoms with Crippen molar-refractivity contribution >= 4 is 62.5 Å². The van der Waals surface area contributed by atoms with Crippen LogP contribution in [0, 0.1) is 0 Å². The first-order valence-corrected chi connectivity index (χ1v) is 11.7. The lowest BCUT2D eigenvalue weighted by atomic mass is 10.2. The van der Waals surface area contributed by atoms with E-state index in [0.717, 1.165) is 15.7 Å². The molecule has 0 saturated carbocycles. The Kier molecular flexibility index (Phi) is 6.97. The predicted octanol–water partition coefficient (Wildman–Crippen LogP) is 6.73. The van der Waals surface area contributed by atoms with Crippen molar-refractivity contribution in [3.8, 4) is 17.1 Å². The van der Waals surface area contributed by atoms with Crippen molar-refractivity contribution < 1.29 is 4.79 Å². The molecule has 0 saturated heterocycles. The first-order chi connectivity index (χ1) is 15.0. The number of amides is 1. The molecule has 9 heteroatoms. The molecule has 0 atom stereocenters. The van der Waals surface area contributed by atoms with Gasteiger partial charge >= 0.3 is 0 Å². The third-order valence-electron chi connectivity index (χ3n) is 4.31. The van der Waals surface area contributed by atoms with Crippen LogP contribution in [-0.4, -0.2) is 26.4 Å². The fraction of sp³-hybridized carbons (Fsp3) is 0.0455. The molecule has 0 aliphatic rings. The number of thioether (sulfide) groups is 1. The van der Waals surface area contributed by atoms with Crippen LogP contribution in [-0.2, 0) is 4.79 Å². The molecule has 1 N–H and O–H groups in total. The largest absolute Gasteiger partial charge is 0.324 e. The summed E-state index contributed by atoms with van der Waals surface area (Å²) in [6, 6.07) is 22.2. The van der Waals surface area contributed by atoms with Crippen molar-refractivity contribution in [3.63, 3.8) is 0 Å². The molecule has 4 rings (SSSR count). The summed E-state index contributed by atoms with van der Waals surface area (Å²) in [5, 5.41) is 13.3. The number of nitrogens with zero attached hydrogens (tertiary/aromatic N) is 3. The molecule has 0 aliphatic carbocycles. The molecule has 0 unspecified atom stereocenters. The molecular formula is C22H15BrCl2N4OS. The van der Waals surface area contributed by atoms with Crippen LogP contribution in [0.1, 0.15) is 0 Å². The molecule has 0 bridgehead atoms. The van der Waals surface area contributed by atoms with E-state index in [4.69, 9.17) is 23.2 Å². The number of para-hydroxylation sites is 1. The van der Waals surface area contributed by atoms with E-state index < -0.39 is 0 Å². The van der Waals surface area contributed by atoms with Crippen molar-refractivity contribution in [1.82, 2.24) is 14.8 Å². The highest BCUT2D eigenvalue weighted by Crippen LogP contribution is 2.32. The van der Waals surface area contributed by atoms with Gasteiger partial charge in [-0.1, -0.05) is 59.2 Å². The van der Waals surface area contributed by atoms with Gasteiger partial charge in [0, 0.05) is 20.7 Å². The standard InChI is InChI=1S/C22H15BrCl2N4OS/c23-17-6-2-4-8-19(17)26-20(30)13-31-22-28-27-21(16-5-1-3-7-18(16)25)29(22)15-11-9-14(24)10-12-15/h1-12H,13H2,(H,26,30). The summed E-state index contributed by atoms with van der Waals surface area (Å²) >= 11 is 17.2. The summed E-state index contributed by atoms with van der Waals surface area (Å²) in [5.74, 6) is 0.596. The van der Waals surface area contributed by atoms with Gasteiger partial charge in [-0.15, -0.1) is 10.2 Å². The number of anilines is 1. The predicted molar refractivity (Wildman–Crippen MR) is 130 cm³/mol. The molecule has 0 radical (unpaired) electrons. The number of hydrogen-bond acceptors (Lipinski definition) is 4. The van der Waals surface area contributed by atoms with Gasteiger partial charge in [0.05, 0.1) is 16.5 Å². The molecule has 1 heterocycles. The Morgan fingerprint density at radius 1 is 0.968 bits per heavy atom. The van der Waals surface area contributed by atoms with E-state index in [2.05, 4.69) is 31.4 Å². The number of halogens is 3. The van der Waals surface area contributed by atoms with E-state index in [-0.39, 0.29) is 11.7 Å². The Labute approximate surface area is 201 Å². The Hall–Kier alpha value is -2.32. The molecule has 3 aromatic carbocycles. The number of benzene rings is 3. The van der Waals surface area contributed by atoms with E-state index in [1.54, 1.807) is 18.2 Å². The molecule has 1 amide bonds. The summed E-state index contributed by atoms with van der Waals surface area (Å²) in [6.07, 6.45) is 0. The van der Waals surface area contributed by atoms with Gasteiger partial charge in [-0.3, -0.25) is 9.36 Å². The van der Waals surface area contributed by atoms with Gasteiger partial charge < -0.3 is 5.32 Å². The summed E-state index contributed by atoms with van der Waals surface area (Å²) in [5.41, 5.74) is 2.28. The molecule has 5 nitrogen and oxygen atoms in total. The van der Waals surface area contributed by atoms with Crippen LogP contribution < -0.4 is 5.32 Å². The molecule has 156 valence electrons. The van der Waals surface area contributed by atoms with Gasteiger partial charge in [0.15, 0.2) is 11.0 Å². The highest BCUT2D eigenvalue weighted by Gasteiger charge is 2.19.